The van der Waals surface area contributed by atoms with Gasteiger partial charge >= 0.3 is 0 Å². The fourth-order valence-electron chi connectivity index (χ4n) is 1.09. The molecule has 0 aromatic carbocycles. The maximum Gasteiger partial charge on any atom is 0.236 e. The fraction of sp³-hybridized carbons (Fsp3) is 0.889. The SMILES string of the molecule is CCCN(C(=O)C(C)Br)C(C)C. The lowest BCUT2D eigenvalue weighted by molar-refractivity contribution is -0.131. The fourth-order valence-corrected chi connectivity index (χ4v) is 1.36. The van der Waals surface area contributed by atoms with E-state index in [0.29, 0.717) is 6.04 Å². The topological polar surface area (TPSA) is 20.3 Å². The standard InChI is InChI=1S/C9H18BrNO/c1-5-6-11(7(2)3)9(12)8(4)10/h7-8H,5-6H2,1-4H3. The third-order valence-electron chi connectivity index (χ3n) is 1.71. The molecule has 1 atom stereocenters. The molecule has 0 rings (SSSR count). The lowest BCUT2D eigenvalue weighted by atomic mass is 10.2. The van der Waals surface area contributed by atoms with Gasteiger partial charge in [0.25, 0.3) is 0 Å². The van der Waals surface area contributed by atoms with Crippen LogP contribution in [-0.4, -0.2) is 28.2 Å². The molecule has 3 heteroatoms. The predicted molar refractivity (Wildman–Crippen MR) is 55.5 cm³/mol. The number of alkyl halides is 1. The van der Waals surface area contributed by atoms with Crippen molar-refractivity contribution in [2.75, 3.05) is 6.54 Å². The van der Waals surface area contributed by atoms with E-state index in [1.54, 1.807) is 0 Å². The van der Waals surface area contributed by atoms with Gasteiger partial charge in [0.15, 0.2) is 0 Å². The lowest BCUT2D eigenvalue weighted by Gasteiger charge is -2.27. The van der Waals surface area contributed by atoms with Gasteiger partial charge in [-0.25, -0.2) is 0 Å². The minimum absolute atomic E-state index is 0.0635. The van der Waals surface area contributed by atoms with E-state index in [1.165, 1.54) is 0 Å². The monoisotopic (exact) mass is 235 g/mol. The summed E-state index contributed by atoms with van der Waals surface area (Å²) in [6.07, 6.45) is 1.02. The van der Waals surface area contributed by atoms with Gasteiger partial charge in [-0.1, -0.05) is 22.9 Å². The van der Waals surface area contributed by atoms with Crippen molar-refractivity contribution < 1.29 is 4.79 Å². The third kappa shape index (κ3) is 3.57. The first kappa shape index (κ1) is 11.9. The van der Waals surface area contributed by atoms with Crippen LogP contribution in [0.4, 0.5) is 0 Å². The van der Waals surface area contributed by atoms with Gasteiger partial charge in [-0.3, -0.25) is 4.79 Å². The molecule has 0 radical (unpaired) electrons. The van der Waals surface area contributed by atoms with E-state index < -0.39 is 0 Å². The summed E-state index contributed by atoms with van der Waals surface area (Å²) in [5.41, 5.74) is 0. The molecule has 0 aromatic rings. The van der Waals surface area contributed by atoms with Crippen LogP contribution in [0, 0.1) is 0 Å². The molecule has 0 aliphatic carbocycles. The highest BCUT2D eigenvalue weighted by molar-refractivity contribution is 9.10. The number of hydrogen-bond acceptors (Lipinski definition) is 1. The molecule has 0 spiro atoms. The summed E-state index contributed by atoms with van der Waals surface area (Å²) in [4.78, 5) is 13.4. The first-order valence-corrected chi connectivity index (χ1v) is 5.36. The number of nitrogens with zero attached hydrogens (tertiary/aromatic N) is 1. The minimum atomic E-state index is -0.0635. The van der Waals surface area contributed by atoms with E-state index in [2.05, 4.69) is 22.9 Å². The smallest absolute Gasteiger partial charge is 0.236 e. The van der Waals surface area contributed by atoms with Crippen molar-refractivity contribution >= 4 is 21.8 Å². The van der Waals surface area contributed by atoms with Crippen molar-refractivity contribution in [3.05, 3.63) is 0 Å². The van der Waals surface area contributed by atoms with Crippen LogP contribution < -0.4 is 0 Å². The van der Waals surface area contributed by atoms with Gasteiger partial charge in [0.05, 0.1) is 4.83 Å². The number of halogens is 1. The third-order valence-corrected chi connectivity index (χ3v) is 2.10. The Hall–Kier alpha value is -0.0500. The average molecular weight is 236 g/mol. The van der Waals surface area contributed by atoms with Crippen LogP contribution in [0.15, 0.2) is 0 Å². The first-order valence-electron chi connectivity index (χ1n) is 4.45. The Kier molecular flexibility index (Phi) is 5.55. The second-order valence-electron chi connectivity index (χ2n) is 3.24. The summed E-state index contributed by atoms with van der Waals surface area (Å²) >= 11 is 3.29. The molecule has 12 heavy (non-hydrogen) atoms. The quantitative estimate of drug-likeness (QED) is 0.686. The first-order chi connectivity index (χ1) is 5.50. The van der Waals surface area contributed by atoms with Gasteiger partial charge in [-0.15, -0.1) is 0 Å². The van der Waals surface area contributed by atoms with E-state index in [9.17, 15) is 4.79 Å². The van der Waals surface area contributed by atoms with Crippen molar-refractivity contribution in [2.24, 2.45) is 0 Å². The zero-order chi connectivity index (χ0) is 9.72. The molecule has 0 aliphatic heterocycles. The highest BCUT2D eigenvalue weighted by atomic mass is 79.9. The minimum Gasteiger partial charge on any atom is -0.339 e. The number of rotatable bonds is 4. The second-order valence-corrected chi connectivity index (χ2v) is 4.61. The van der Waals surface area contributed by atoms with Crippen LogP contribution in [-0.2, 0) is 4.79 Å². The number of hydrogen-bond donors (Lipinski definition) is 0. The Morgan fingerprint density at radius 2 is 1.92 bits per heavy atom. The Labute approximate surface area is 83.4 Å². The molecule has 0 heterocycles. The van der Waals surface area contributed by atoms with Gasteiger partial charge in [0.1, 0.15) is 0 Å². The normalized spacial score (nSPS) is 13.2. The summed E-state index contributed by atoms with van der Waals surface area (Å²) < 4.78 is 0. The van der Waals surface area contributed by atoms with Crippen molar-refractivity contribution in [2.45, 2.75) is 45.0 Å². The van der Waals surface area contributed by atoms with Gasteiger partial charge < -0.3 is 4.90 Å². The molecule has 0 bridgehead atoms. The maximum atomic E-state index is 11.6. The molecule has 0 saturated heterocycles. The molecule has 0 aliphatic rings. The number of carbonyl (C=O) groups excluding carboxylic acids is 1. The van der Waals surface area contributed by atoms with Crippen LogP contribution in [0.25, 0.3) is 0 Å². The van der Waals surface area contributed by atoms with Crippen molar-refractivity contribution in [3.63, 3.8) is 0 Å². The second kappa shape index (κ2) is 5.57. The van der Waals surface area contributed by atoms with E-state index in [4.69, 9.17) is 0 Å². The molecule has 72 valence electrons. The highest BCUT2D eigenvalue weighted by Gasteiger charge is 2.19. The molecular formula is C9H18BrNO. The van der Waals surface area contributed by atoms with Crippen molar-refractivity contribution in [1.29, 1.82) is 0 Å². The van der Waals surface area contributed by atoms with E-state index in [1.807, 2.05) is 25.7 Å². The number of amides is 1. The van der Waals surface area contributed by atoms with E-state index in [-0.39, 0.29) is 10.7 Å². The maximum absolute atomic E-state index is 11.6. The Bertz CT molecular complexity index is 145. The summed E-state index contributed by atoms with van der Waals surface area (Å²) in [5.74, 6) is 0.187. The van der Waals surface area contributed by atoms with Crippen LogP contribution >= 0.6 is 15.9 Å². The van der Waals surface area contributed by atoms with Crippen LogP contribution in [0.1, 0.15) is 34.1 Å². The van der Waals surface area contributed by atoms with Gasteiger partial charge in [0.2, 0.25) is 5.91 Å². The van der Waals surface area contributed by atoms with Gasteiger partial charge in [-0.05, 0) is 27.2 Å². The summed E-state index contributed by atoms with van der Waals surface area (Å²) in [7, 11) is 0. The lowest BCUT2D eigenvalue weighted by Crippen LogP contribution is -2.40. The van der Waals surface area contributed by atoms with Crippen LogP contribution in [0.5, 0.6) is 0 Å². The van der Waals surface area contributed by atoms with Crippen LogP contribution in [0.2, 0.25) is 0 Å². The molecule has 0 N–H and O–H groups in total. The van der Waals surface area contributed by atoms with Crippen molar-refractivity contribution in [1.82, 2.24) is 4.90 Å². The molecular weight excluding hydrogens is 218 g/mol. The number of carbonyl (C=O) groups is 1. The Balaban J connectivity index is 4.19. The molecule has 2 nitrogen and oxygen atoms in total. The zero-order valence-electron chi connectivity index (χ0n) is 8.30. The summed E-state index contributed by atoms with van der Waals surface area (Å²) in [5, 5.41) is 0. The van der Waals surface area contributed by atoms with E-state index in [0.717, 1.165) is 13.0 Å². The predicted octanol–water partition coefficient (Wildman–Crippen LogP) is 2.42. The summed E-state index contributed by atoms with van der Waals surface area (Å²) in [6, 6.07) is 0.303. The highest BCUT2D eigenvalue weighted by Crippen LogP contribution is 2.08. The Morgan fingerprint density at radius 1 is 1.42 bits per heavy atom. The van der Waals surface area contributed by atoms with Crippen LogP contribution in [0.3, 0.4) is 0 Å². The molecule has 0 aromatic heterocycles. The van der Waals surface area contributed by atoms with Crippen molar-refractivity contribution in [3.8, 4) is 0 Å². The largest absolute Gasteiger partial charge is 0.339 e. The Morgan fingerprint density at radius 3 is 2.17 bits per heavy atom. The average Bonchev–Trinajstić information content (AvgIpc) is 1.98. The van der Waals surface area contributed by atoms with Gasteiger partial charge in [0, 0.05) is 12.6 Å². The molecule has 1 amide bonds. The van der Waals surface area contributed by atoms with Gasteiger partial charge in [-0.2, -0.15) is 0 Å². The molecule has 0 saturated carbocycles. The molecule has 0 fully saturated rings. The zero-order valence-corrected chi connectivity index (χ0v) is 9.89. The summed E-state index contributed by atoms with van der Waals surface area (Å²) in [6.45, 7) is 8.90. The molecule has 1 unspecified atom stereocenters. The van der Waals surface area contributed by atoms with E-state index >= 15 is 0 Å².